The van der Waals surface area contributed by atoms with E-state index in [9.17, 15) is 4.79 Å². The van der Waals surface area contributed by atoms with Crippen molar-refractivity contribution in [1.82, 2.24) is 20.2 Å². The molecule has 0 radical (unpaired) electrons. The Morgan fingerprint density at radius 3 is 2.84 bits per heavy atom. The van der Waals surface area contributed by atoms with Gasteiger partial charge in [-0.05, 0) is 36.3 Å². The van der Waals surface area contributed by atoms with Crippen LogP contribution in [0, 0.1) is 18.8 Å². The van der Waals surface area contributed by atoms with Crippen LogP contribution in [0.25, 0.3) is 11.1 Å². The lowest BCUT2D eigenvalue weighted by molar-refractivity contribution is 0.102. The summed E-state index contributed by atoms with van der Waals surface area (Å²) in [5, 5.41) is 11.8. The van der Waals surface area contributed by atoms with Crippen LogP contribution in [0.2, 0.25) is 5.15 Å². The van der Waals surface area contributed by atoms with Crippen molar-refractivity contribution < 1.29 is 19.0 Å². The summed E-state index contributed by atoms with van der Waals surface area (Å²) in [6, 6.07) is 3.44. The molecule has 0 unspecified atom stereocenters. The summed E-state index contributed by atoms with van der Waals surface area (Å²) < 4.78 is 16.6. The lowest BCUT2D eigenvalue weighted by atomic mass is 10.00. The summed E-state index contributed by atoms with van der Waals surface area (Å²) in [6.45, 7) is 5.88. The summed E-state index contributed by atoms with van der Waals surface area (Å²) in [4.78, 5) is 21.4. The molecule has 168 valence electrons. The third-order valence-corrected chi connectivity index (χ3v) is 6.15. The number of nitrogens with one attached hydrogen (secondary N) is 1. The highest BCUT2D eigenvalue weighted by Gasteiger charge is 2.25. The van der Waals surface area contributed by atoms with E-state index in [-0.39, 0.29) is 11.1 Å². The standard InChI is InChI=1S/C21H22ClN5O4S/c1-11-8-30-9-13(11)10-31-21-27-26-20(32-21)25-19(28)16-6-23-12(2)4-14(16)15-5-18(22)24-7-17(15)29-3/h4-7,11,13H,8-10H2,1-3H3,(H,25,26,28)/t11-,13-/m0/s1. The van der Waals surface area contributed by atoms with E-state index in [4.69, 9.17) is 25.8 Å². The highest BCUT2D eigenvalue weighted by Crippen LogP contribution is 2.34. The zero-order valence-electron chi connectivity index (χ0n) is 17.8. The van der Waals surface area contributed by atoms with E-state index in [1.807, 2.05) is 6.92 Å². The number of anilines is 1. The average Bonchev–Trinajstić information content (AvgIpc) is 3.40. The molecule has 1 amide bonds. The van der Waals surface area contributed by atoms with Crippen molar-refractivity contribution in [3.05, 3.63) is 40.9 Å². The Hall–Kier alpha value is -2.82. The maximum absolute atomic E-state index is 13.1. The highest BCUT2D eigenvalue weighted by atomic mass is 35.5. The van der Waals surface area contributed by atoms with Gasteiger partial charge in [0.15, 0.2) is 0 Å². The first-order valence-corrected chi connectivity index (χ1v) is 11.2. The largest absolute Gasteiger partial charge is 0.494 e. The van der Waals surface area contributed by atoms with Gasteiger partial charge < -0.3 is 14.2 Å². The van der Waals surface area contributed by atoms with Crippen LogP contribution in [-0.4, -0.2) is 53.0 Å². The van der Waals surface area contributed by atoms with Crippen molar-refractivity contribution in [2.75, 3.05) is 32.2 Å². The van der Waals surface area contributed by atoms with E-state index in [2.05, 4.69) is 32.4 Å². The van der Waals surface area contributed by atoms with Crippen molar-refractivity contribution in [3.63, 3.8) is 0 Å². The minimum Gasteiger partial charge on any atom is -0.494 e. The molecule has 0 bridgehead atoms. The number of halogens is 1. The molecule has 1 aliphatic rings. The predicted octanol–water partition coefficient (Wildman–Crippen LogP) is 3.88. The number of carbonyl (C=O) groups is 1. The maximum atomic E-state index is 13.1. The monoisotopic (exact) mass is 475 g/mol. The van der Waals surface area contributed by atoms with Gasteiger partial charge in [0.1, 0.15) is 10.9 Å². The van der Waals surface area contributed by atoms with Gasteiger partial charge in [-0.2, -0.15) is 0 Å². The zero-order chi connectivity index (χ0) is 22.7. The molecule has 1 saturated heterocycles. The van der Waals surface area contributed by atoms with Crippen LogP contribution in [0.4, 0.5) is 5.13 Å². The molecule has 3 aromatic rings. The number of aromatic nitrogens is 4. The summed E-state index contributed by atoms with van der Waals surface area (Å²) in [7, 11) is 1.53. The molecule has 11 heteroatoms. The molecule has 2 atom stereocenters. The Bertz CT molecular complexity index is 1130. The Balaban J connectivity index is 1.52. The summed E-state index contributed by atoms with van der Waals surface area (Å²) in [5.74, 6) is 0.863. The molecule has 3 aromatic heterocycles. The molecule has 0 spiro atoms. The Labute approximate surface area is 194 Å². The lowest BCUT2D eigenvalue weighted by Crippen LogP contribution is -2.17. The van der Waals surface area contributed by atoms with Crippen molar-refractivity contribution >= 4 is 34.0 Å². The van der Waals surface area contributed by atoms with Gasteiger partial charge in [0.2, 0.25) is 5.13 Å². The van der Waals surface area contributed by atoms with E-state index in [0.29, 0.717) is 57.8 Å². The number of ether oxygens (including phenoxy) is 3. The van der Waals surface area contributed by atoms with Crippen LogP contribution >= 0.6 is 22.9 Å². The van der Waals surface area contributed by atoms with E-state index >= 15 is 0 Å². The minimum absolute atomic E-state index is 0.287. The van der Waals surface area contributed by atoms with Gasteiger partial charge in [-0.15, -0.1) is 5.10 Å². The van der Waals surface area contributed by atoms with Crippen molar-refractivity contribution in [2.45, 2.75) is 13.8 Å². The molecule has 4 heterocycles. The van der Waals surface area contributed by atoms with E-state index in [1.54, 1.807) is 12.1 Å². The normalized spacial score (nSPS) is 17.9. The summed E-state index contributed by atoms with van der Waals surface area (Å²) in [5.41, 5.74) is 2.33. The molecule has 4 rings (SSSR count). The predicted molar refractivity (Wildman–Crippen MR) is 121 cm³/mol. The zero-order valence-corrected chi connectivity index (χ0v) is 19.4. The quantitative estimate of drug-likeness (QED) is 0.513. The van der Waals surface area contributed by atoms with Crippen LogP contribution in [0.15, 0.2) is 24.5 Å². The molecule has 1 N–H and O–H groups in total. The molecule has 32 heavy (non-hydrogen) atoms. The topological polar surface area (TPSA) is 108 Å². The Morgan fingerprint density at radius 2 is 2.09 bits per heavy atom. The Kier molecular flexibility index (Phi) is 6.83. The maximum Gasteiger partial charge on any atom is 0.295 e. The second-order valence-electron chi connectivity index (χ2n) is 7.49. The molecule has 9 nitrogen and oxygen atoms in total. The third-order valence-electron chi connectivity index (χ3n) is 5.19. The summed E-state index contributed by atoms with van der Waals surface area (Å²) >= 11 is 7.25. The molecular formula is C21H22ClN5O4S. The van der Waals surface area contributed by atoms with Gasteiger partial charge in [-0.3, -0.25) is 15.1 Å². The summed E-state index contributed by atoms with van der Waals surface area (Å²) in [6.07, 6.45) is 3.02. The van der Waals surface area contributed by atoms with Gasteiger partial charge in [0.25, 0.3) is 11.1 Å². The fourth-order valence-corrected chi connectivity index (χ4v) is 4.09. The molecule has 0 aromatic carbocycles. The lowest BCUT2D eigenvalue weighted by Gasteiger charge is -2.13. The molecular weight excluding hydrogens is 454 g/mol. The second kappa shape index (κ2) is 9.76. The molecule has 0 aliphatic carbocycles. The van der Waals surface area contributed by atoms with Crippen LogP contribution < -0.4 is 14.8 Å². The fraction of sp³-hybridized carbons (Fsp3) is 0.381. The molecule has 1 fully saturated rings. The third kappa shape index (κ3) is 4.98. The first-order valence-electron chi connectivity index (χ1n) is 9.96. The van der Waals surface area contributed by atoms with Crippen LogP contribution in [-0.2, 0) is 4.74 Å². The van der Waals surface area contributed by atoms with Gasteiger partial charge in [0.05, 0.1) is 32.1 Å². The number of aryl methyl sites for hydroxylation is 1. The van der Waals surface area contributed by atoms with E-state index in [1.165, 1.54) is 19.5 Å². The smallest absolute Gasteiger partial charge is 0.295 e. The number of hydrogen-bond acceptors (Lipinski definition) is 9. The van der Waals surface area contributed by atoms with Gasteiger partial charge >= 0.3 is 0 Å². The van der Waals surface area contributed by atoms with Crippen LogP contribution in [0.3, 0.4) is 0 Å². The second-order valence-corrected chi connectivity index (χ2v) is 8.82. The number of pyridine rings is 2. The van der Waals surface area contributed by atoms with Crippen LogP contribution in [0.5, 0.6) is 10.9 Å². The highest BCUT2D eigenvalue weighted by molar-refractivity contribution is 7.17. The number of carbonyl (C=O) groups excluding carboxylic acids is 1. The van der Waals surface area contributed by atoms with Gasteiger partial charge in [-0.1, -0.05) is 23.6 Å². The SMILES string of the molecule is COc1cnc(Cl)cc1-c1cc(C)ncc1C(=O)Nc1nnc(OC[C@@H]2COC[C@@H]2C)s1. The Morgan fingerprint density at radius 1 is 1.25 bits per heavy atom. The minimum atomic E-state index is -0.386. The first-order chi connectivity index (χ1) is 15.4. The number of nitrogens with zero attached hydrogens (tertiary/aromatic N) is 4. The number of rotatable bonds is 7. The van der Waals surface area contributed by atoms with Crippen molar-refractivity contribution in [2.24, 2.45) is 11.8 Å². The van der Waals surface area contributed by atoms with Crippen LogP contribution in [0.1, 0.15) is 23.0 Å². The molecule has 0 saturated carbocycles. The van der Waals surface area contributed by atoms with Crippen molar-refractivity contribution in [3.8, 4) is 22.1 Å². The van der Waals surface area contributed by atoms with Gasteiger partial charge in [-0.25, -0.2) is 4.98 Å². The number of methoxy groups -OCH3 is 1. The number of amides is 1. The van der Waals surface area contributed by atoms with Gasteiger partial charge in [0, 0.05) is 35.5 Å². The number of hydrogen-bond donors (Lipinski definition) is 1. The van der Waals surface area contributed by atoms with E-state index in [0.717, 1.165) is 23.6 Å². The first kappa shape index (κ1) is 22.4. The fourth-order valence-electron chi connectivity index (χ4n) is 3.33. The average molecular weight is 476 g/mol. The van der Waals surface area contributed by atoms with E-state index < -0.39 is 0 Å². The van der Waals surface area contributed by atoms with Crippen molar-refractivity contribution in [1.29, 1.82) is 0 Å². The molecule has 1 aliphatic heterocycles.